The van der Waals surface area contributed by atoms with Crippen molar-refractivity contribution in [2.75, 3.05) is 5.32 Å². The van der Waals surface area contributed by atoms with Crippen LogP contribution in [0.15, 0.2) is 54.9 Å². The first-order chi connectivity index (χ1) is 13.6. The summed E-state index contributed by atoms with van der Waals surface area (Å²) in [5.41, 5.74) is -0.841. The van der Waals surface area contributed by atoms with Crippen LogP contribution in [0.3, 0.4) is 0 Å². The standard InChI is InChI=1S/C19H11Cl2F4N3O/c20-17-18(21)28(10-26-17)15-7-6-13(9-14(15)19(23,24)25)27-16(29)8-3-11-1-4-12(22)5-2-11/h1-10H,(H,27,29)/b8-3+. The van der Waals surface area contributed by atoms with Gasteiger partial charge in [0.15, 0.2) is 10.3 Å². The Morgan fingerprint density at radius 2 is 1.79 bits per heavy atom. The van der Waals surface area contributed by atoms with Crippen LogP contribution in [-0.4, -0.2) is 15.5 Å². The molecule has 0 radical (unpaired) electrons. The van der Waals surface area contributed by atoms with Gasteiger partial charge in [0.05, 0.1) is 11.3 Å². The lowest BCUT2D eigenvalue weighted by molar-refractivity contribution is -0.137. The summed E-state index contributed by atoms with van der Waals surface area (Å²) in [4.78, 5) is 15.7. The Morgan fingerprint density at radius 3 is 2.38 bits per heavy atom. The van der Waals surface area contributed by atoms with Crippen LogP contribution in [0.5, 0.6) is 0 Å². The van der Waals surface area contributed by atoms with Crippen LogP contribution in [0.1, 0.15) is 11.1 Å². The Hall–Kier alpha value is -2.84. The number of amides is 1. The molecule has 0 aliphatic heterocycles. The molecule has 0 saturated carbocycles. The second-order valence-corrected chi connectivity index (χ2v) is 6.52. The minimum atomic E-state index is -4.72. The topological polar surface area (TPSA) is 46.9 Å². The van der Waals surface area contributed by atoms with Gasteiger partial charge in [-0.3, -0.25) is 9.36 Å². The van der Waals surface area contributed by atoms with E-state index in [0.717, 1.165) is 29.1 Å². The molecule has 10 heteroatoms. The average molecular weight is 444 g/mol. The van der Waals surface area contributed by atoms with E-state index in [4.69, 9.17) is 23.2 Å². The van der Waals surface area contributed by atoms with Gasteiger partial charge in [-0.05, 0) is 42.0 Å². The van der Waals surface area contributed by atoms with Crippen LogP contribution < -0.4 is 5.32 Å². The maximum absolute atomic E-state index is 13.5. The maximum atomic E-state index is 13.5. The van der Waals surface area contributed by atoms with Crippen LogP contribution in [0, 0.1) is 5.82 Å². The van der Waals surface area contributed by atoms with Crippen LogP contribution in [0.4, 0.5) is 23.2 Å². The molecule has 0 atom stereocenters. The van der Waals surface area contributed by atoms with Gasteiger partial charge in [-0.2, -0.15) is 13.2 Å². The zero-order valence-corrected chi connectivity index (χ0v) is 15.9. The Labute approximate surface area is 172 Å². The number of benzene rings is 2. The minimum Gasteiger partial charge on any atom is -0.322 e. The van der Waals surface area contributed by atoms with Gasteiger partial charge >= 0.3 is 6.18 Å². The van der Waals surface area contributed by atoms with E-state index in [1.165, 1.54) is 36.4 Å². The van der Waals surface area contributed by atoms with Gasteiger partial charge in [-0.1, -0.05) is 35.3 Å². The molecule has 1 amide bonds. The maximum Gasteiger partial charge on any atom is 0.418 e. The number of carbonyl (C=O) groups excluding carboxylic acids is 1. The number of rotatable bonds is 4. The van der Waals surface area contributed by atoms with Crippen molar-refractivity contribution in [2.45, 2.75) is 6.18 Å². The largest absolute Gasteiger partial charge is 0.418 e. The number of alkyl halides is 3. The highest BCUT2D eigenvalue weighted by molar-refractivity contribution is 6.40. The van der Waals surface area contributed by atoms with Gasteiger partial charge in [0, 0.05) is 11.8 Å². The van der Waals surface area contributed by atoms with Gasteiger partial charge in [-0.15, -0.1) is 0 Å². The number of anilines is 1. The molecule has 3 rings (SSSR count). The van der Waals surface area contributed by atoms with Crippen LogP contribution >= 0.6 is 23.2 Å². The van der Waals surface area contributed by atoms with Crippen molar-refractivity contribution in [3.05, 3.63) is 82.1 Å². The van der Waals surface area contributed by atoms with Crippen molar-refractivity contribution in [2.24, 2.45) is 0 Å². The predicted molar refractivity (Wildman–Crippen MR) is 103 cm³/mol. The third-order valence-electron chi connectivity index (χ3n) is 3.79. The molecule has 1 aromatic heterocycles. The Balaban J connectivity index is 1.86. The molecule has 1 heterocycles. The second kappa shape index (κ2) is 8.26. The predicted octanol–water partition coefficient (Wildman–Crippen LogP) is 5.99. The highest BCUT2D eigenvalue weighted by Crippen LogP contribution is 2.37. The number of nitrogens with one attached hydrogen (secondary N) is 1. The number of hydrogen-bond acceptors (Lipinski definition) is 2. The number of nitrogens with zero attached hydrogens (tertiary/aromatic N) is 2. The molecule has 0 unspecified atom stereocenters. The van der Waals surface area contributed by atoms with Crippen LogP contribution in [0.25, 0.3) is 11.8 Å². The number of imidazole rings is 1. The molecular formula is C19H11Cl2F4N3O. The summed E-state index contributed by atoms with van der Waals surface area (Å²) < 4.78 is 54.4. The second-order valence-electron chi connectivity index (χ2n) is 5.80. The minimum absolute atomic E-state index is 0.0721. The van der Waals surface area contributed by atoms with Crippen LogP contribution in [0.2, 0.25) is 10.3 Å². The number of aromatic nitrogens is 2. The van der Waals surface area contributed by atoms with Crippen LogP contribution in [-0.2, 0) is 11.0 Å². The lowest BCUT2D eigenvalue weighted by atomic mass is 10.1. The highest BCUT2D eigenvalue weighted by atomic mass is 35.5. The Kier molecular flexibility index (Phi) is 5.95. The van der Waals surface area contributed by atoms with E-state index < -0.39 is 23.5 Å². The summed E-state index contributed by atoms with van der Waals surface area (Å²) in [5, 5.41) is 2.04. The van der Waals surface area contributed by atoms with Crippen molar-refractivity contribution in [1.29, 1.82) is 0 Å². The zero-order chi connectivity index (χ0) is 21.2. The molecule has 2 aromatic carbocycles. The van der Waals surface area contributed by atoms with Crippen molar-refractivity contribution in [1.82, 2.24) is 9.55 Å². The normalized spacial score (nSPS) is 11.8. The van der Waals surface area contributed by atoms with Gasteiger partial charge in [0.2, 0.25) is 5.91 Å². The van der Waals surface area contributed by atoms with E-state index in [0.29, 0.717) is 5.56 Å². The SMILES string of the molecule is O=C(/C=C/c1ccc(F)cc1)Nc1ccc(-n2cnc(Cl)c2Cl)c(C(F)(F)F)c1. The van der Waals surface area contributed by atoms with Gasteiger partial charge in [-0.25, -0.2) is 9.37 Å². The average Bonchev–Trinajstić information content (AvgIpc) is 2.99. The van der Waals surface area contributed by atoms with Gasteiger partial charge < -0.3 is 5.32 Å². The Bertz CT molecular complexity index is 1080. The fourth-order valence-electron chi connectivity index (χ4n) is 2.46. The first-order valence-corrected chi connectivity index (χ1v) is 8.75. The fraction of sp³-hybridized carbons (Fsp3) is 0.0526. The molecule has 0 fully saturated rings. The van der Waals surface area contributed by atoms with Crippen molar-refractivity contribution < 1.29 is 22.4 Å². The molecule has 1 N–H and O–H groups in total. The first kappa shape index (κ1) is 20.9. The number of halogens is 6. The summed E-state index contributed by atoms with van der Waals surface area (Å²) in [6.07, 6.45) is -1.12. The van der Waals surface area contributed by atoms with E-state index in [1.54, 1.807) is 0 Å². The summed E-state index contributed by atoms with van der Waals surface area (Å²) >= 11 is 11.6. The molecule has 0 spiro atoms. The van der Waals surface area contributed by atoms with E-state index in [-0.39, 0.29) is 21.7 Å². The van der Waals surface area contributed by atoms with Crippen molar-refractivity contribution in [3.8, 4) is 5.69 Å². The Morgan fingerprint density at radius 1 is 1.10 bits per heavy atom. The van der Waals surface area contributed by atoms with Crippen molar-refractivity contribution in [3.63, 3.8) is 0 Å². The lowest BCUT2D eigenvalue weighted by Gasteiger charge is -2.15. The van der Waals surface area contributed by atoms with Gasteiger partial charge in [0.1, 0.15) is 12.1 Å². The molecule has 0 aliphatic rings. The van der Waals surface area contributed by atoms with E-state index in [9.17, 15) is 22.4 Å². The highest BCUT2D eigenvalue weighted by Gasteiger charge is 2.35. The zero-order valence-electron chi connectivity index (χ0n) is 14.3. The number of carbonyl (C=O) groups is 1. The summed E-state index contributed by atoms with van der Waals surface area (Å²) in [6, 6.07) is 8.57. The molecule has 150 valence electrons. The molecule has 0 bridgehead atoms. The first-order valence-electron chi connectivity index (χ1n) is 8.00. The molecule has 3 aromatic rings. The lowest BCUT2D eigenvalue weighted by Crippen LogP contribution is -2.13. The monoisotopic (exact) mass is 443 g/mol. The van der Waals surface area contributed by atoms with E-state index in [2.05, 4.69) is 10.3 Å². The number of hydrogen-bond donors (Lipinski definition) is 1. The summed E-state index contributed by atoms with van der Waals surface area (Å²) in [6.45, 7) is 0. The van der Waals surface area contributed by atoms with Crippen molar-refractivity contribution >= 4 is 40.9 Å². The van der Waals surface area contributed by atoms with E-state index >= 15 is 0 Å². The molecule has 0 aliphatic carbocycles. The third-order valence-corrected chi connectivity index (χ3v) is 4.53. The molecule has 29 heavy (non-hydrogen) atoms. The van der Waals surface area contributed by atoms with Gasteiger partial charge in [0.25, 0.3) is 0 Å². The molecule has 0 saturated heterocycles. The van der Waals surface area contributed by atoms with E-state index in [1.807, 2.05) is 0 Å². The molecule has 4 nitrogen and oxygen atoms in total. The summed E-state index contributed by atoms with van der Waals surface area (Å²) in [5.74, 6) is -1.08. The summed E-state index contributed by atoms with van der Waals surface area (Å²) in [7, 11) is 0. The molecular weight excluding hydrogens is 433 g/mol. The fourth-order valence-corrected chi connectivity index (χ4v) is 2.78. The third kappa shape index (κ3) is 4.96. The quantitative estimate of drug-likeness (QED) is 0.397. The smallest absolute Gasteiger partial charge is 0.322 e.